The van der Waals surface area contributed by atoms with Crippen LogP contribution in [-0.4, -0.2) is 28.4 Å². The van der Waals surface area contributed by atoms with Gasteiger partial charge in [-0.15, -0.1) is 0 Å². The molecule has 0 aliphatic heterocycles. The molecule has 1 aromatic rings. The van der Waals surface area contributed by atoms with Gasteiger partial charge in [0.05, 0.1) is 5.60 Å². The lowest BCUT2D eigenvalue weighted by Crippen LogP contribution is -2.38. The van der Waals surface area contributed by atoms with Crippen LogP contribution < -0.4 is 4.74 Å². The number of hydrogen-bond acceptors (Lipinski definition) is 3. The van der Waals surface area contributed by atoms with Gasteiger partial charge in [-0.2, -0.15) is 0 Å². The van der Waals surface area contributed by atoms with Crippen LogP contribution in [0.4, 0.5) is 0 Å². The summed E-state index contributed by atoms with van der Waals surface area (Å²) >= 11 is 0. The van der Waals surface area contributed by atoms with Gasteiger partial charge in [-0.3, -0.25) is 0 Å². The maximum absolute atomic E-state index is 11.1. The summed E-state index contributed by atoms with van der Waals surface area (Å²) in [6, 6.07) is 4.99. The number of benzene rings is 1. The third-order valence-electron chi connectivity index (χ3n) is 3.65. The molecule has 19 heavy (non-hydrogen) atoms. The molecule has 1 aromatic carbocycles. The number of aliphatic hydroxyl groups is 1. The predicted octanol–water partition coefficient (Wildman–Crippen LogP) is 2.77. The van der Waals surface area contributed by atoms with Gasteiger partial charge in [0.2, 0.25) is 0 Å². The second-order valence-electron chi connectivity index (χ2n) is 5.38. The molecular weight excluding hydrogens is 244 g/mol. The van der Waals surface area contributed by atoms with Crippen LogP contribution in [0.5, 0.6) is 5.75 Å². The van der Waals surface area contributed by atoms with E-state index in [9.17, 15) is 9.90 Å². The summed E-state index contributed by atoms with van der Waals surface area (Å²) in [5, 5.41) is 19.5. The molecule has 4 heteroatoms. The van der Waals surface area contributed by atoms with E-state index in [0.29, 0.717) is 5.75 Å². The van der Waals surface area contributed by atoms with Crippen LogP contribution in [0.2, 0.25) is 0 Å². The highest BCUT2D eigenvalue weighted by Gasteiger charge is 2.30. The fraction of sp³-hybridized carbons (Fsp3) is 0.533. The van der Waals surface area contributed by atoms with Crippen LogP contribution in [-0.2, 0) is 0 Å². The summed E-state index contributed by atoms with van der Waals surface area (Å²) < 4.78 is 5.59. The van der Waals surface area contributed by atoms with Crippen LogP contribution in [0, 0.1) is 6.92 Å². The smallest absolute Gasteiger partial charge is 0.339 e. The van der Waals surface area contributed by atoms with E-state index in [2.05, 4.69) is 0 Å². The van der Waals surface area contributed by atoms with Crippen molar-refractivity contribution < 1.29 is 19.7 Å². The fourth-order valence-corrected chi connectivity index (χ4v) is 2.49. The van der Waals surface area contributed by atoms with Crippen LogP contribution in [0.15, 0.2) is 18.2 Å². The topological polar surface area (TPSA) is 66.8 Å². The zero-order chi connectivity index (χ0) is 13.9. The first-order valence-corrected chi connectivity index (χ1v) is 6.69. The van der Waals surface area contributed by atoms with Crippen molar-refractivity contribution in [3.63, 3.8) is 0 Å². The fourth-order valence-electron chi connectivity index (χ4n) is 2.49. The number of hydrogen-bond donors (Lipinski definition) is 2. The Bertz CT molecular complexity index is 461. The molecule has 1 aliphatic carbocycles. The Morgan fingerprint density at radius 3 is 2.63 bits per heavy atom. The third-order valence-corrected chi connectivity index (χ3v) is 3.65. The van der Waals surface area contributed by atoms with Crippen molar-refractivity contribution in [3.8, 4) is 5.75 Å². The molecule has 2 rings (SSSR count). The second kappa shape index (κ2) is 5.61. The number of aromatic carboxylic acids is 1. The minimum Gasteiger partial charge on any atom is -0.490 e. The molecule has 0 saturated heterocycles. The summed E-state index contributed by atoms with van der Waals surface area (Å²) in [6.07, 6.45) is 4.59. The summed E-state index contributed by atoms with van der Waals surface area (Å²) in [7, 11) is 0. The van der Waals surface area contributed by atoms with Crippen LogP contribution in [0.25, 0.3) is 0 Å². The van der Waals surface area contributed by atoms with Gasteiger partial charge in [0.25, 0.3) is 0 Å². The molecule has 104 valence electrons. The first kappa shape index (κ1) is 13.9. The van der Waals surface area contributed by atoms with Crippen LogP contribution >= 0.6 is 0 Å². The van der Waals surface area contributed by atoms with Crippen molar-refractivity contribution in [2.45, 2.75) is 44.6 Å². The number of rotatable bonds is 4. The van der Waals surface area contributed by atoms with Crippen molar-refractivity contribution in [2.24, 2.45) is 0 Å². The maximum Gasteiger partial charge on any atom is 0.339 e. The summed E-state index contributed by atoms with van der Waals surface area (Å²) in [6.45, 7) is 2.05. The number of carboxylic acid groups (broad SMARTS) is 1. The SMILES string of the molecule is Cc1ccc(C(=O)O)c(OCC2(O)CCCCC2)c1. The Kier molecular flexibility index (Phi) is 4.10. The zero-order valence-electron chi connectivity index (χ0n) is 11.2. The quantitative estimate of drug-likeness (QED) is 0.877. The molecule has 0 spiro atoms. The Morgan fingerprint density at radius 2 is 2.00 bits per heavy atom. The average Bonchev–Trinajstić information content (AvgIpc) is 2.37. The highest BCUT2D eigenvalue weighted by Crippen LogP contribution is 2.29. The lowest BCUT2D eigenvalue weighted by atomic mass is 9.85. The Hall–Kier alpha value is -1.55. The minimum absolute atomic E-state index is 0.144. The van der Waals surface area contributed by atoms with E-state index in [1.807, 2.05) is 6.92 Å². The highest BCUT2D eigenvalue weighted by molar-refractivity contribution is 5.90. The molecule has 1 fully saturated rings. The van der Waals surface area contributed by atoms with Crippen molar-refractivity contribution >= 4 is 5.97 Å². The largest absolute Gasteiger partial charge is 0.490 e. The van der Waals surface area contributed by atoms with E-state index in [-0.39, 0.29) is 12.2 Å². The van der Waals surface area contributed by atoms with E-state index >= 15 is 0 Å². The minimum atomic E-state index is -1.01. The molecule has 0 amide bonds. The third kappa shape index (κ3) is 3.47. The first-order valence-electron chi connectivity index (χ1n) is 6.69. The van der Waals surface area contributed by atoms with E-state index in [1.54, 1.807) is 12.1 Å². The number of aryl methyl sites for hydroxylation is 1. The summed E-state index contributed by atoms with van der Waals surface area (Å²) in [4.78, 5) is 11.1. The van der Waals surface area contributed by atoms with E-state index in [4.69, 9.17) is 9.84 Å². The summed E-state index contributed by atoms with van der Waals surface area (Å²) in [5.74, 6) is -0.669. The van der Waals surface area contributed by atoms with Crippen molar-refractivity contribution in [1.82, 2.24) is 0 Å². The van der Waals surface area contributed by atoms with Gasteiger partial charge in [-0.05, 0) is 37.5 Å². The van der Waals surface area contributed by atoms with Gasteiger partial charge < -0.3 is 14.9 Å². The molecule has 2 N–H and O–H groups in total. The van der Waals surface area contributed by atoms with Crippen LogP contribution in [0.1, 0.15) is 48.0 Å². The predicted molar refractivity (Wildman–Crippen MR) is 71.7 cm³/mol. The van der Waals surface area contributed by atoms with Crippen molar-refractivity contribution in [2.75, 3.05) is 6.61 Å². The highest BCUT2D eigenvalue weighted by atomic mass is 16.5. The molecular formula is C15H20O4. The number of carboxylic acids is 1. The first-order chi connectivity index (χ1) is 9.00. The lowest BCUT2D eigenvalue weighted by molar-refractivity contribution is -0.0341. The van der Waals surface area contributed by atoms with Gasteiger partial charge in [0, 0.05) is 0 Å². The Labute approximate surface area is 113 Å². The molecule has 0 aromatic heterocycles. The Morgan fingerprint density at radius 1 is 1.32 bits per heavy atom. The molecule has 1 saturated carbocycles. The molecule has 0 radical (unpaired) electrons. The molecule has 0 unspecified atom stereocenters. The van der Waals surface area contributed by atoms with Gasteiger partial charge in [0.1, 0.15) is 17.9 Å². The van der Waals surface area contributed by atoms with Gasteiger partial charge >= 0.3 is 5.97 Å². The zero-order valence-corrected chi connectivity index (χ0v) is 11.2. The van der Waals surface area contributed by atoms with Crippen molar-refractivity contribution in [1.29, 1.82) is 0 Å². The molecule has 0 heterocycles. The van der Waals surface area contributed by atoms with E-state index in [0.717, 1.165) is 37.7 Å². The monoisotopic (exact) mass is 264 g/mol. The van der Waals surface area contributed by atoms with Gasteiger partial charge in [-0.25, -0.2) is 4.79 Å². The second-order valence-corrected chi connectivity index (χ2v) is 5.38. The normalized spacial score (nSPS) is 18.0. The van der Waals surface area contributed by atoms with Crippen LogP contribution in [0.3, 0.4) is 0 Å². The van der Waals surface area contributed by atoms with Gasteiger partial charge in [-0.1, -0.05) is 25.3 Å². The van der Waals surface area contributed by atoms with E-state index < -0.39 is 11.6 Å². The van der Waals surface area contributed by atoms with Gasteiger partial charge in [0.15, 0.2) is 0 Å². The lowest BCUT2D eigenvalue weighted by Gasteiger charge is -2.31. The number of carbonyl (C=O) groups is 1. The molecule has 1 aliphatic rings. The maximum atomic E-state index is 11.1. The number of ether oxygens (including phenoxy) is 1. The molecule has 0 atom stereocenters. The van der Waals surface area contributed by atoms with E-state index in [1.165, 1.54) is 6.07 Å². The van der Waals surface area contributed by atoms with Crippen molar-refractivity contribution in [3.05, 3.63) is 29.3 Å². The molecule has 4 nitrogen and oxygen atoms in total. The Balaban J connectivity index is 2.10. The standard InChI is InChI=1S/C15H20O4/c1-11-5-6-12(14(16)17)13(9-11)19-10-15(18)7-3-2-4-8-15/h5-6,9,18H,2-4,7-8,10H2,1H3,(H,16,17). The molecule has 0 bridgehead atoms. The summed E-state index contributed by atoms with van der Waals surface area (Å²) in [5.41, 5.74) is 0.276. The average molecular weight is 264 g/mol.